The molecule has 1 unspecified atom stereocenters. The summed E-state index contributed by atoms with van der Waals surface area (Å²) < 4.78 is 16.7. The first-order chi connectivity index (χ1) is 29.0. The smallest absolute Gasteiger partial charge is 0.306 e. The van der Waals surface area contributed by atoms with E-state index in [-0.39, 0.29) is 31.1 Å². The minimum Gasteiger partial charge on any atom is -0.462 e. The van der Waals surface area contributed by atoms with Crippen LogP contribution in [0.1, 0.15) is 226 Å². The Labute approximate surface area is 363 Å². The molecular weight excluding hydrogens is 733 g/mol. The lowest BCUT2D eigenvalue weighted by molar-refractivity contribution is -0.167. The largest absolute Gasteiger partial charge is 0.462 e. The van der Waals surface area contributed by atoms with Gasteiger partial charge in [0.1, 0.15) is 13.2 Å². The van der Waals surface area contributed by atoms with Gasteiger partial charge >= 0.3 is 17.9 Å². The summed E-state index contributed by atoms with van der Waals surface area (Å²) in [5.41, 5.74) is 0. The summed E-state index contributed by atoms with van der Waals surface area (Å²) in [6, 6.07) is 0. The summed E-state index contributed by atoms with van der Waals surface area (Å²) in [7, 11) is 0. The lowest BCUT2D eigenvalue weighted by Gasteiger charge is -2.18. The maximum atomic E-state index is 12.8. The SMILES string of the molecule is CC/C=C\C/C=C\CCCCCCCCCC(=O)OC(COC(=O)CCCCC/C=C\C=C/CCCC)COC(=O)CCCCC/C=C\C=C/CCCCCCCCC. The molecule has 0 fully saturated rings. The van der Waals surface area contributed by atoms with Crippen LogP contribution in [0.3, 0.4) is 0 Å². The zero-order valence-electron chi connectivity index (χ0n) is 38.5. The van der Waals surface area contributed by atoms with E-state index in [1.807, 2.05) is 0 Å². The summed E-state index contributed by atoms with van der Waals surface area (Å²) >= 11 is 0. The van der Waals surface area contributed by atoms with Crippen molar-refractivity contribution >= 4 is 17.9 Å². The fraction of sp³-hybridized carbons (Fsp3) is 0.717. The van der Waals surface area contributed by atoms with Crippen LogP contribution in [0, 0.1) is 0 Å². The van der Waals surface area contributed by atoms with Gasteiger partial charge in [0.15, 0.2) is 6.10 Å². The number of esters is 3. The molecule has 6 heteroatoms. The molecule has 0 rings (SSSR count). The third kappa shape index (κ3) is 45.8. The van der Waals surface area contributed by atoms with E-state index >= 15 is 0 Å². The first kappa shape index (κ1) is 55.9. The molecule has 0 aromatic heterocycles. The highest BCUT2D eigenvalue weighted by molar-refractivity contribution is 5.71. The van der Waals surface area contributed by atoms with Crippen LogP contribution in [0.5, 0.6) is 0 Å². The monoisotopic (exact) mass is 823 g/mol. The molecule has 0 N–H and O–H groups in total. The number of unbranched alkanes of at least 4 members (excludes halogenated alkanes) is 22. The molecule has 0 saturated heterocycles. The Morgan fingerprint density at radius 3 is 1.19 bits per heavy atom. The molecule has 0 aromatic rings. The Balaban J connectivity index is 4.46. The highest BCUT2D eigenvalue weighted by Crippen LogP contribution is 2.13. The molecule has 0 radical (unpaired) electrons. The fourth-order valence-electron chi connectivity index (χ4n) is 6.51. The van der Waals surface area contributed by atoms with E-state index in [1.165, 1.54) is 83.5 Å². The average molecular weight is 823 g/mol. The molecule has 6 nitrogen and oxygen atoms in total. The van der Waals surface area contributed by atoms with Crippen molar-refractivity contribution in [3.8, 4) is 0 Å². The van der Waals surface area contributed by atoms with Crippen molar-refractivity contribution in [2.75, 3.05) is 13.2 Å². The van der Waals surface area contributed by atoms with Gasteiger partial charge in [-0.15, -0.1) is 0 Å². The predicted molar refractivity (Wildman–Crippen MR) is 251 cm³/mol. The van der Waals surface area contributed by atoms with Crippen LogP contribution in [0.15, 0.2) is 72.9 Å². The van der Waals surface area contributed by atoms with Gasteiger partial charge in [-0.1, -0.05) is 190 Å². The third-order valence-electron chi connectivity index (χ3n) is 10.2. The molecule has 0 aliphatic rings. The molecule has 0 aliphatic carbocycles. The van der Waals surface area contributed by atoms with Crippen LogP contribution in [0.25, 0.3) is 0 Å². The van der Waals surface area contributed by atoms with Gasteiger partial charge in [0.05, 0.1) is 0 Å². The minimum atomic E-state index is -0.799. The maximum absolute atomic E-state index is 12.8. The number of ether oxygens (including phenoxy) is 3. The van der Waals surface area contributed by atoms with Gasteiger partial charge in [-0.25, -0.2) is 0 Å². The second-order valence-corrected chi connectivity index (χ2v) is 16.0. The van der Waals surface area contributed by atoms with Crippen molar-refractivity contribution in [3.05, 3.63) is 72.9 Å². The Kier molecular flexibility index (Phi) is 45.0. The van der Waals surface area contributed by atoms with E-state index in [1.54, 1.807) is 0 Å². The number of hydrogen-bond acceptors (Lipinski definition) is 6. The summed E-state index contributed by atoms with van der Waals surface area (Å²) in [4.78, 5) is 37.8. The normalized spacial score (nSPS) is 12.7. The predicted octanol–water partition coefficient (Wildman–Crippen LogP) is 15.9. The highest BCUT2D eigenvalue weighted by Gasteiger charge is 2.19. The van der Waals surface area contributed by atoms with Gasteiger partial charge in [-0.3, -0.25) is 14.4 Å². The van der Waals surface area contributed by atoms with Crippen LogP contribution < -0.4 is 0 Å². The Hall–Kier alpha value is -3.15. The van der Waals surface area contributed by atoms with Gasteiger partial charge in [0.25, 0.3) is 0 Å². The number of carbonyl (C=O) groups is 3. The van der Waals surface area contributed by atoms with E-state index < -0.39 is 6.10 Å². The molecule has 0 heterocycles. The first-order valence-corrected chi connectivity index (χ1v) is 24.5. The molecular formula is C53H90O6. The number of allylic oxidation sites excluding steroid dienone is 12. The maximum Gasteiger partial charge on any atom is 0.306 e. The summed E-state index contributed by atoms with van der Waals surface area (Å²) in [5, 5.41) is 0. The lowest BCUT2D eigenvalue weighted by atomic mass is 10.1. The zero-order chi connectivity index (χ0) is 43.0. The first-order valence-electron chi connectivity index (χ1n) is 24.5. The third-order valence-corrected chi connectivity index (χ3v) is 10.2. The van der Waals surface area contributed by atoms with Crippen molar-refractivity contribution in [2.24, 2.45) is 0 Å². The van der Waals surface area contributed by atoms with Crippen molar-refractivity contribution in [1.29, 1.82) is 0 Å². The van der Waals surface area contributed by atoms with E-state index in [9.17, 15) is 14.4 Å². The average Bonchev–Trinajstić information content (AvgIpc) is 3.23. The molecule has 0 amide bonds. The van der Waals surface area contributed by atoms with Gasteiger partial charge in [0, 0.05) is 19.3 Å². The van der Waals surface area contributed by atoms with Crippen LogP contribution in [-0.4, -0.2) is 37.2 Å². The van der Waals surface area contributed by atoms with Crippen LogP contribution in [0.4, 0.5) is 0 Å². The second kappa shape index (κ2) is 47.5. The zero-order valence-corrected chi connectivity index (χ0v) is 38.5. The summed E-state index contributed by atoms with van der Waals surface area (Å²) in [6.07, 6.45) is 58.9. The van der Waals surface area contributed by atoms with Crippen molar-refractivity contribution in [2.45, 2.75) is 232 Å². The molecule has 0 aromatic carbocycles. The second-order valence-electron chi connectivity index (χ2n) is 16.0. The molecule has 1 atom stereocenters. The molecule has 0 spiro atoms. The fourth-order valence-corrected chi connectivity index (χ4v) is 6.51. The standard InChI is InChI=1S/C53H90O6/c1-4-7-10-13-16-19-22-24-26-27-29-31-34-37-40-43-46-52(55)58-49-50(48-57-51(54)45-42-39-36-33-30-21-18-15-12-9-6-3)59-53(56)47-44-41-38-35-32-28-25-23-20-17-14-11-8-5-2/h8,11,15,17-18,20-21,26-27,29-31,50H,4-7,9-10,12-14,16,19,22-25,28,32-49H2,1-3H3/b11-8-,18-15-,20-17-,27-26-,30-21-,31-29-. The Morgan fingerprint density at radius 1 is 0.373 bits per heavy atom. The van der Waals surface area contributed by atoms with E-state index in [4.69, 9.17) is 14.2 Å². The summed E-state index contributed by atoms with van der Waals surface area (Å²) in [6.45, 7) is 6.41. The lowest BCUT2D eigenvalue weighted by Crippen LogP contribution is -2.30. The topological polar surface area (TPSA) is 78.9 Å². The molecule has 338 valence electrons. The number of carbonyl (C=O) groups excluding carboxylic acids is 3. The summed E-state index contributed by atoms with van der Waals surface area (Å²) in [5.74, 6) is -0.965. The Morgan fingerprint density at radius 2 is 0.729 bits per heavy atom. The van der Waals surface area contributed by atoms with Crippen molar-refractivity contribution < 1.29 is 28.6 Å². The molecule has 0 bridgehead atoms. The van der Waals surface area contributed by atoms with Gasteiger partial charge in [0.2, 0.25) is 0 Å². The Bertz CT molecular complexity index is 1130. The van der Waals surface area contributed by atoms with Crippen LogP contribution in [-0.2, 0) is 28.6 Å². The molecule has 0 saturated carbocycles. The van der Waals surface area contributed by atoms with Crippen LogP contribution in [0.2, 0.25) is 0 Å². The van der Waals surface area contributed by atoms with Crippen molar-refractivity contribution in [1.82, 2.24) is 0 Å². The molecule has 59 heavy (non-hydrogen) atoms. The van der Waals surface area contributed by atoms with E-state index in [0.717, 1.165) is 103 Å². The number of rotatable bonds is 43. The van der Waals surface area contributed by atoms with Gasteiger partial charge in [-0.05, 0) is 89.9 Å². The molecule has 0 aliphatic heterocycles. The van der Waals surface area contributed by atoms with Gasteiger partial charge < -0.3 is 14.2 Å². The van der Waals surface area contributed by atoms with Crippen LogP contribution >= 0.6 is 0 Å². The van der Waals surface area contributed by atoms with E-state index in [2.05, 4.69) is 93.7 Å². The highest BCUT2D eigenvalue weighted by atomic mass is 16.6. The minimum absolute atomic E-state index is 0.102. The quantitative estimate of drug-likeness (QED) is 0.0200. The van der Waals surface area contributed by atoms with E-state index in [0.29, 0.717) is 19.3 Å². The number of hydrogen-bond donors (Lipinski definition) is 0. The van der Waals surface area contributed by atoms with Gasteiger partial charge in [-0.2, -0.15) is 0 Å². The van der Waals surface area contributed by atoms with Crippen molar-refractivity contribution in [3.63, 3.8) is 0 Å².